The smallest absolute Gasteiger partial charge is 0.184 e. The minimum atomic E-state index is -0.384. The average molecular weight is 324 g/mol. The molecule has 2 aromatic rings. The Kier molecular flexibility index (Phi) is 4.60. The lowest BCUT2D eigenvalue weighted by molar-refractivity contribution is -0.281. The monoisotopic (exact) mass is 324 g/mol. The number of hydrogen-bond acceptors (Lipinski definition) is 4. The lowest BCUT2D eigenvalue weighted by Gasteiger charge is -2.40. The van der Waals surface area contributed by atoms with Gasteiger partial charge in [-0.3, -0.25) is 0 Å². The van der Waals surface area contributed by atoms with Gasteiger partial charge in [0, 0.05) is 5.56 Å². The summed E-state index contributed by atoms with van der Waals surface area (Å²) in [6.45, 7) is 1.03. The highest BCUT2D eigenvalue weighted by Gasteiger charge is 2.40. The Morgan fingerprint density at radius 3 is 2.50 bits per heavy atom. The van der Waals surface area contributed by atoms with E-state index in [0.29, 0.717) is 13.2 Å². The summed E-state index contributed by atoms with van der Waals surface area (Å²) in [4.78, 5) is 0. The quantitative estimate of drug-likeness (QED) is 0.861. The van der Waals surface area contributed by atoms with Crippen LogP contribution in [0.2, 0.25) is 0 Å². The molecule has 4 heteroatoms. The standard InChI is InChI=1S/C20H20O4/c1-3-7-15(8-4-1)13-22-17-11-12-21-18-14-23-20(24-19(17)18)16-9-5-2-6-10-16/h1-12,17-20H,13-14H2/t17-,18-,19+,20-/m1/s1. The van der Waals surface area contributed by atoms with Gasteiger partial charge in [0.05, 0.1) is 19.5 Å². The summed E-state index contributed by atoms with van der Waals surface area (Å²) in [5, 5.41) is 0. The highest BCUT2D eigenvalue weighted by atomic mass is 16.7. The van der Waals surface area contributed by atoms with Crippen LogP contribution in [0.25, 0.3) is 0 Å². The maximum atomic E-state index is 6.15. The molecule has 0 bridgehead atoms. The molecule has 2 heterocycles. The molecular formula is C20H20O4. The molecule has 0 amide bonds. The van der Waals surface area contributed by atoms with Gasteiger partial charge in [-0.1, -0.05) is 60.7 Å². The van der Waals surface area contributed by atoms with Crippen LogP contribution >= 0.6 is 0 Å². The molecule has 24 heavy (non-hydrogen) atoms. The molecule has 0 unspecified atom stereocenters. The molecule has 0 aromatic heterocycles. The van der Waals surface area contributed by atoms with E-state index in [2.05, 4.69) is 12.1 Å². The van der Waals surface area contributed by atoms with Gasteiger partial charge >= 0.3 is 0 Å². The van der Waals surface area contributed by atoms with Gasteiger partial charge < -0.3 is 18.9 Å². The van der Waals surface area contributed by atoms with Crippen LogP contribution in [0.4, 0.5) is 0 Å². The zero-order valence-corrected chi connectivity index (χ0v) is 13.3. The maximum Gasteiger partial charge on any atom is 0.184 e. The first-order chi connectivity index (χ1) is 11.9. The van der Waals surface area contributed by atoms with Crippen molar-refractivity contribution in [3.63, 3.8) is 0 Å². The summed E-state index contributed by atoms with van der Waals surface area (Å²) in [7, 11) is 0. The molecule has 2 aromatic carbocycles. The van der Waals surface area contributed by atoms with Crippen LogP contribution in [-0.4, -0.2) is 24.9 Å². The molecule has 0 saturated carbocycles. The number of benzene rings is 2. The van der Waals surface area contributed by atoms with Crippen molar-refractivity contribution in [3.05, 3.63) is 84.1 Å². The molecule has 4 atom stereocenters. The predicted molar refractivity (Wildman–Crippen MR) is 89.0 cm³/mol. The second kappa shape index (κ2) is 7.18. The molecule has 1 saturated heterocycles. The van der Waals surface area contributed by atoms with E-state index in [1.807, 2.05) is 54.6 Å². The minimum absolute atomic E-state index is 0.143. The summed E-state index contributed by atoms with van der Waals surface area (Å²) in [6, 6.07) is 20.1. The van der Waals surface area contributed by atoms with Crippen molar-refractivity contribution in [2.45, 2.75) is 31.2 Å². The van der Waals surface area contributed by atoms with E-state index < -0.39 is 0 Å². The summed E-state index contributed by atoms with van der Waals surface area (Å²) in [5.74, 6) is 0. The second-order valence-electron chi connectivity index (χ2n) is 5.94. The van der Waals surface area contributed by atoms with Gasteiger partial charge in [0.25, 0.3) is 0 Å². The van der Waals surface area contributed by atoms with E-state index in [1.165, 1.54) is 0 Å². The molecule has 0 spiro atoms. The van der Waals surface area contributed by atoms with Crippen LogP contribution in [0, 0.1) is 0 Å². The molecule has 0 radical (unpaired) electrons. The Bertz CT molecular complexity index is 671. The van der Waals surface area contributed by atoms with Crippen molar-refractivity contribution in [3.8, 4) is 0 Å². The number of ether oxygens (including phenoxy) is 4. The van der Waals surface area contributed by atoms with Gasteiger partial charge in [-0.25, -0.2) is 0 Å². The number of fused-ring (bicyclic) bond motifs is 1. The topological polar surface area (TPSA) is 36.9 Å². The van der Waals surface area contributed by atoms with Crippen LogP contribution in [-0.2, 0) is 25.6 Å². The molecule has 0 aliphatic carbocycles. The predicted octanol–water partition coefficient (Wildman–Crippen LogP) is 3.60. The normalized spacial score (nSPS) is 28.8. The van der Waals surface area contributed by atoms with E-state index in [4.69, 9.17) is 18.9 Å². The molecule has 4 nitrogen and oxygen atoms in total. The van der Waals surface area contributed by atoms with Gasteiger partial charge in [0.15, 0.2) is 12.4 Å². The molecule has 0 N–H and O–H groups in total. The Balaban J connectivity index is 1.45. The largest absolute Gasteiger partial charge is 0.493 e. The third kappa shape index (κ3) is 3.36. The number of hydrogen-bond donors (Lipinski definition) is 0. The van der Waals surface area contributed by atoms with E-state index in [1.54, 1.807) is 6.26 Å². The van der Waals surface area contributed by atoms with Crippen molar-refractivity contribution in [1.29, 1.82) is 0 Å². The van der Waals surface area contributed by atoms with Crippen molar-refractivity contribution in [1.82, 2.24) is 0 Å². The van der Waals surface area contributed by atoms with E-state index >= 15 is 0 Å². The SMILES string of the molecule is C1=C[C@@H](OCc2ccccc2)[C@@H]2O[C@H](c3ccccc3)OC[C@H]2O1. The zero-order chi connectivity index (χ0) is 16.2. The van der Waals surface area contributed by atoms with Crippen LogP contribution in [0.15, 0.2) is 73.0 Å². The second-order valence-corrected chi connectivity index (χ2v) is 5.94. The van der Waals surface area contributed by atoms with E-state index in [0.717, 1.165) is 11.1 Å². The molecule has 4 rings (SSSR count). The van der Waals surface area contributed by atoms with Crippen molar-refractivity contribution in [2.24, 2.45) is 0 Å². The van der Waals surface area contributed by atoms with Gasteiger partial charge in [-0.05, 0) is 11.6 Å². The van der Waals surface area contributed by atoms with Crippen LogP contribution < -0.4 is 0 Å². The van der Waals surface area contributed by atoms with Crippen molar-refractivity contribution < 1.29 is 18.9 Å². The summed E-state index contributed by atoms with van der Waals surface area (Å²) in [5.41, 5.74) is 2.15. The first-order valence-corrected chi connectivity index (χ1v) is 8.20. The Hall–Kier alpha value is -2.14. The molecule has 2 aliphatic rings. The fraction of sp³-hybridized carbons (Fsp3) is 0.300. The molecule has 1 fully saturated rings. The minimum Gasteiger partial charge on any atom is -0.493 e. The first kappa shape index (κ1) is 15.4. The zero-order valence-electron chi connectivity index (χ0n) is 13.3. The van der Waals surface area contributed by atoms with E-state index in [-0.39, 0.29) is 24.6 Å². The summed E-state index contributed by atoms with van der Waals surface area (Å²) < 4.78 is 23.7. The maximum absolute atomic E-state index is 6.15. The van der Waals surface area contributed by atoms with Gasteiger partial charge in [-0.2, -0.15) is 0 Å². The van der Waals surface area contributed by atoms with Gasteiger partial charge in [-0.15, -0.1) is 0 Å². The Morgan fingerprint density at radius 2 is 1.71 bits per heavy atom. The third-order valence-electron chi connectivity index (χ3n) is 4.26. The highest BCUT2D eigenvalue weighted by molar-refractivity contribution is 5.17. The van der Waals surface area contributed by atoms with Gasteiger partial charge in [0.2, 0.25) is 0 Å². The lowest BCUT2D eigenvalue weighted by atomic mass is 10.0. The molecule has 124 valence electrons. The number of rotatable bonds is 4. The first-order valence-electron chi connectivity index (χ1n) is 8.20. The fourth-order valence-electron chi connectivity index (χ4n) is 2.99. The third-order valence-corrected chi connectivity index (χ3v) is 4.26. The van der Waals surface area contributed by atoms with Crippen LogP contribution in [0.3, 0.4) is 0 Å². The van der Waals surface area contributed by atoms with E-state index in [9.17, 15) is 0 Å². The molecular weight excluding hydrogens is 304 g/mol. The summed E-state index contributed by atoms with van der Waals surface area (Å²) in [6.07, 6.45) is 2.74. The Labute approximate surface area is 141 Å². The van der Waals surface area contributed by atoms with Crippen molar-refractivity contribution in [2.75, 3.05) is 6.61 Å². The van der Waals surface area contributed by atoms with Crippen molar-refractivity contribution >= 4 is 0 Å². The lowest BCUT2D eigenvalue weighted by Crippen LogP contribution is -2.50. The highest BCUT2D eigenvalue weighted by Crippen LogP contribution is 2.32. The average Bonchev–Trinajstić information content (AvgIpc) is 2.67. The fourth-order valence-corrected chi connectivity index (χ4v) is 2.99. The van der Waals surface area contributed by atoms with Crippen LogP contribution in [0.5, 0.6) is 0 Å². The van der Waals surface area contributed by atoms with Gasteiger partial charge in [0.1, 0.15) is 12.2 Å². The Morgan fingerprint density at radius 1 is 0.958 bits per heavy atom. The summed E-state index contributed by atoms with van der Waals surface area (Å²) >= 11 is 0. The molecule has 2 aliphatic heterocycles. The van der Waals surface area contributed by atoms with Crippen LogP contribution in [0.1, 0.15) is 17.4 Å².